The Morgan fingerprint density at radius 2 is 1.48 bits per heavy atom. The Labute approximate surface area is 122 Å². The van der Waals surface area contributed by atoms with Gasteiger partial charge >= 0.3 is 18.3 Å². The molecule has 0 aliphatic rings. The molecule has 0 aliphatic heterocycles. The fraction of sp³-hybridized carbons (Fsp3) is 0.364. The third-order valence-corrected chi connectivity index (χ3v) is 2.90. The SMILES string of the molecule is O=C(OCc1ccc(Br)cc1)C([O-])(C(F)(F)F)C(F)(F)F. The van der Waals surface area contributed by atoms with E-state index in [9.17, 15) is 36.2 Å². The minimum atomic E-state index is -6.36. The van der Waals surface area contributed by atoms with E-state index in [2.05, 4.69) is 20.7 Å². The summed E-state index contributed by atoms with van der Waals surface area (Å²) >= 11 is 3.05. The Hall–Kier alpha value is -1.29. The van der Waals surface area contributed by atoms with E-state index in [-0.39, 0.29) is 5.56 Å². The van der Waals surface area contributed by atoms with Gasteiger partial charge in [-0.3, -0.25) is 4.79 Å². The van der Waals surface area contributed by atoms with Gasteiger partial charge in [-0.1, -0.05) is 28.1 Å². The number of rotatable bonds is 3. The molecule has 0 fully saturated rings. The summed E-state index contributed by atoms with van der Waals surface area (Å²) in [7, 11) is 0. The van der Waals surface area contributed by atoms with Crippen molar-refractivity contribution in [3.05, 3.63) is 34.3 Å². The van der Waals surface area contributed by atoms with Gasteiger partial charge in [0.2, 0.25) is 0 Å². The summed E-state index contributed by atoms with van der Waals surface area (Å²) in [5.41, 5.74) is -5.69. The van der Waals surface area contributed by atoms with E-state index in [1.54, 1.807) is 0 Å². The maximum Gasteiger partial charge on any atom is 0.399 e. The molecule has 1 aromatic rings. The number of halogens is 7. The maximum atomic E-state index is 12.3. The van der Waals surface area contributed by atoms with Crippen molar-refractivity contribution in [2.45, 2.75) is 24.6 Å². The summed E-state index contributed by atoms with van der Waals surface area (Å²) in [6, 6.07) is 5.46. The molecule has 0 bridgehead atoms. The van der Waals surface area contributed by atoms with Crippen molar-refractivity contribution in [3.63, 3.8) is 0 Å². The lowest BCUT2D eigenvalue weighted by Gasteiger charge is -2.40. The Morgan fingerprint density at radius 3 is 1.86 bits per heavy atom. The van der Waals surface area contributed by atoms with E-state index in [0.29, 0.717) is 4.47 Å². The van der Waals surface area contributed by atoms with Gasteiger partial charge in [0.05, 0.1) is 0 Å². The van der Waals surface area contributed by atoms with Crippen LogP contribution in [0.1, 0.15) is 5.56 Å². The van der Waals surface area contributed by atoms with Gasteiger partial charge in [-0.05, 0) is 17.7 Å². The molecule has 3 nitrogen and oxygen atoms in total. The van der Waals surface area contributed by atoms with E-state index in [1.807, 2.05) is 0 Å². The summed E-state index contributed by atoms with van der Waals surface area (Å²) in [5.74, 6) is -2.94. The third kappa shape index (κ3) is 3.67. The number of alkyl halides is 6. The van der Waals surface area contributed by atoms with Crippen LogP contribution in [0.4, 0.5) is 26.3 Å². The minimum Gasteiger partial charge on any atom is -0.828 e. The normalized spacial score (nSPS) is 13.1. The van der Waals surface area contributed by atoms with Crippen molar-refractivity contribution in [3.8, 4) is 0 Å². The van der Waals surface area contributed by atoms with Gasteiger partial charge in [0.15, 0.2) is 5.60 Å². The molecule has 0 saturated carbocycles. The second kappa shape index (κ2) is 5.84. The van der Waals surface area contributed by atoms with E-state index >= 15 is 0 Å². The lowest BCUT2D eigenvalue weighted by molar-refractivity contribution is -0.574. The molecule has 0 atom stereocenters. The lowest BCUT2D eigenvalue weighted by Crippen LogP contribution is -2.71. The molecule has 0 saturated heterocycles. The molecular formula is C11H6BrF6O3-. The summed E-state index contributed by atoms with van der Waals surface area (Å²) in [5, 5.41) is 11.0. The summed E-state index contributed by atoms with van der Waals surface area (Å²) < 4.78 is 78.2. The number of hydrogen-bond acceptors (Lipinski definition) is 3. The zero-order chi connectivity index (χ0) is 16.5. The topological polar surface area (TPSA) is 49.4 Å². The van der Waals surface area contributed by atoms with Gasteiger partial charge in [0, 0.05) is 4.47 Å². The number of esters is 1. The Balaban J connectivity index is 2.91. The van der Waals surface area contributed by atoms with Crippen LogP contribution < -0.4 is 5.11 Å². The fourth-order valence-electron chi connectivity index (χ4n) is 1.22. The molecule has 0 amide bonds. The summed E-state index contributed by atoms with van der Waals surface area (Å²) in [4.78, 5) is 11.0. The molecule has 1 aromatic carbocycles. The molecular weight excluding hydrogens is 374 g/mol. The van der Waals surface area contributed by atoms with Crippen LogP contribution in [0.2, 0.25) is 0 Å². The molecule has 0 N–H and O–H groups in total. The maximum absolute atomic E-state index is 12.3. The van der Waals surface area contributed by atoms with Crippen molar-refractivity contribution in [1.82, 2.24) is 0 Å². The lowest BCUT2D eigenvalue weighted by atomic mass is 10.0. The zero-order valence-electron chi connectivity index (χ0n) is 9.89. The van der Waals surface area contributed by atoms with E-state index in [1.165, 1.54) is 24.3 Å². The zero-order valence-corrected chi connectivity index (χ0v) is 11.5. The van der Waals surface area contributed by atoms with Gasteiger partial charge < -0.3 is 9.84 Å². The highest BCUT2D eigenvalue weighted by atomic mass is 79.9. The molecule has 1 rings (SSSR count). The molecule has 10 heteroatoms. The van der Waals surface area contributed by atoms with E-state index in [0.717, 1.165) is 0 Å². The smallest absolute Gasteiger partial charge is 0.399 e. The first-order chi connectivity index (χ1) is 9.39. The van der Waals surface area contributed by atoms with Crippen molar-refractivity contribution in [2.75, 3.05) is 0 Å². The molecule has 0 aliphatic carbocycles. The van der Waals surface area contributed by atoms with Crippen molar-refractivity contribution in [1.29, 1.82) is 0 Å². The van der Waals surface area contributed by atoms with Crippen LogP contribution in [0.25, 0.3) is 0 Å². The minimum absolute atomic E-state index is 0.123. The monoisotopic (exact) mass is 379 g/mol. The number of carbonyl (C=O) groups excluding carboxylic acids is 1. The van der Waals surface area contributed by atoms with Gasteiger partial charge in [0.25, 0.3) is 0 Å². The molecule has 118 valence electrons. The van der Waals surface area contributed by atoms with Gasteiger partial charge in [-0.2, -0.15) is 26.3 Å². The van der Waals surface area contributed by atoms with Gasteiger partial charge in [-0.15, -0.1) is 0 Å². The quantitative estimate of drug-likeness (QED) is 0.599. The molecule has 0 radical (unpaired) electrons. The highest BCUT2D eigenvalue weighted by molar-refractivity contribution is 9.10. The van der Waals surface area contributed by atoms with Crippen molar-refractivity contribution < 1.29 is 41.0 Å². The van der Waals surface area contributed by atoms with Crippen LogP contribution in [0.5, 0.6) is 0 Å². The van der Waals surface area contributed by atoms with Crippen LogP contribution in [0.15, 0.2) is 28.7 Å². The van der Waals surface area contributed by atoms with Gasteiger partial charge in [0.1, 0.15) is 6.61 Å². The average Bonchev–Trinajstić information content (AvgIpc) is 2.34. The summed E-state index contributed by atoms with van der Waals surface area (Å²) in [6.45, 7) is -0.887. The third-order valence-electron chi connectivity index (χ3n) is 2.37. The number of benzene rings is 1. The van der Waals surface area contributed by atoms with Crippen LogP contribution in [-0.2, 0) is 16.1 Å². The fourth-order valence-corrected chi connectivity index (χ4v) is 1.49. The van der Waals surface area contributed by atoms with Gasteiger partial charge in [-0.25, -0.2) is 0 Å². The first-order valence-corrected chi connectivity index (χ1v) is 5.94. The van der Waals surface area contributed by atoms with Crippen molar-refractivity contribution in [2.24, 2.45) is 0 Å². The summed E-state index contributed by atoms with van der Waals surface area (Å²) in [6.07, 6.45) is -12.7. The van der Waals surface area contributed by atoms with Crippen LogP contribution in [0, 0.1) is 0 Å². The highest BCUT2D eigenvalue weighted by Crippen LogP contribution is 2.41. The average molecular weight is 380 g/mol. The molecule has 0 unspecified atom stereocenters. The number of carbonyl (C=O) groups is 1. The van der Waals surface area contributed by atoms with E-state index < -0.39 is 30.5 Å². The Morgan fingerprint density at radius 1 is 1.05 bits per heavy atom. The van der Waals surface area contributed by atoms with Crippen LogP contribution in [-0.4, -0.2) is 23.9 Å². The van der Waals surface area contributed by atoms with Crippen LogP contribution >= 0.6 is 15.9 Å². The van der Waals surface area contributed by atoms with E-state index in [4.69, 9.17) is 0 Å². The highest BCUT2D eigenvalue weighted by Gasteiger charge is 2.68. The molecule has 0 spiro atoms. The number of hydrogen-bond donors (Lipinski definition) is 0. The second-order valence-corrected chi connectivity index (χ2v) is 4.79. The predicted octanol–water partition coefficient (Wildman–Crippen LogP) is 2.72. The van der Waals surface area contributed by atoms with Crippen molar-refractivity contribution >= 4 is 21.9 Å². The molecule has 21 heavy (non-hydrogen) atoms. The Kier molecular flexibility index (Phi) is 4.94. The van der Waals surface area contributed by atoms with Crippen LogP contribution in [0.3, 0.4) is 0 Å². The Bertz CT molecular complexity index is 494. The predicted molar refractivity (Wildman–Crippen MR) is 58.8 cm³/mol. The largest absolute Gasteiger partial charge is 0.828 e. The molecule has 0 heterocycles. The standard InChI is InChI=1S/C11H6BrF6O3/c12-7-3-1-6(2-4-7)5-21-8(19)9(20,10(13,14)15)11(16,17)18/h1-4H,5H2/q-1. The first kappa shape index (κ1) is 17.8. The first-order valence-electron chi connectivity index (χ1n) is 5.15. The molecule has 0 aromatic heterocycles. The second-order valence-electron chi connectivity index (χ2n) is 3.88. The number of ether oxygens (including phenoxy) is 1.